The molecule has 1 rings (SSSR count). The minimum absolute atomic E-state index is 1.41. The molecule has 0 aliphatic carbocycles. The first-order chi connectivity index (χ1) is 18.0. The van der Waals surface area contributed by atoms with Crippen molar-refractivity contribution in [3.63, 3.8) is 0 Å². The molecular formula is C32H64S4. The summed E-state index contributed by atoms with van der Waals surface area (Å²) in [5, 5.41) is 0. The summed E-state index contributed by atoms with van der Waals surface area (Å²) in [4.78, 5) is 0. The Morgan fingerprint density at radius 1 is 0.139 bits per heavy atom. The number of thioether (sulfide) groups is 4. The van der Waals surface area contributed by atoms with Gasteiger partial charge in [-0.1, -0.05) is 103 Å². The average Bonchev–Trinajstić information content (AvgIpc) is 2.89. The molecule has 0 nitrogen and oxygen atoms in total. The van der Waals surface area contributed by atoms with Gasteiger partial charge in [-0.2, -0.15) is 47.0 Å². The van der Waals surface area contributed by atoms with E-state index in [0.717, 1.165) is 0 Å². The van der Waals surface area contributed by atoms with Crippen molar-refractivity contribution in [2.45, 2.75) is 154 Å². The second kappa shape index (κ2) is 32.6. The van der Waals surface area contributed by atoms with Crippen LogP contribution in [0.5, 0.6) is 0 Å². The monoisotopic (exact) mass is 576 g/mol. The number of rotatable bonds is 0. The van der Waals surface area contributed by atoms with Crippen molar-refractivity contribution in [3.05, 3.63) is 0 Å². The Balaban J connectivity index is 2.00. The first kappa shape index (κ1) is 35.4. The van der Waals surface area contributed by atoms with Crippen LogP contribution in [0, 0.1) is 0 Å². The van der Waals surface area contributed by atoms with E-state index in [1.807, 2.05) is 0 Å². The average molecular weight is 577 g/mol. The highest BCUT2D eigenvalue weighted by molar-refractivity contribution is 7.99. The van der Waals surface area contributed by atoms with Crippen LogP contribution in [0.3, 0.4) is 0 Å². The molecular weight excluding hydrogens is 513 g/mol. The zero-order valence-corrected chi connectivity index (χ0v) is 27.5. The summed E-state index contributed by atoms with van der Waals surface area (Å²) in [7, 11) is 0. The summed E-state index contributed by atoms with van der Waals surface area (Å²) in [6.45, 7) is 0. The molecule has 0 bridgehead atoms. The van der Waals surface area contributed by atoms with Gasteiger partial charge in [0.15, 0.2) is 0 Å². The van der Waals surface area contributed by atoms with Crippen LogP contribution in [0.25, 0.3) is 0 Å². The molecule has 1 aliphatic heterocycles. The third-order valence-corrected chi connectivity index (χ3v) is 11.9. The largest absolute Gasteiger partial charge is 0.162 e. The van der Waals surface area contributed by atoms with Crippen molar-refractivity contribution >= 4 is 47.0 Å². The topological polar surface area (TPSA) is 0 Å². The van der Waals surface area contributed by atoms with Gasteiger partial charge in [-0.05, 0) is 97.4 Å². The highest BCUT2D eigenvalue weighted by Gasteiger charge is 1.98. The van der Waals surface area contributed by atoms with Gasteiger partial charge in [-0.15, -0.1) is 0 Å². The second-order valence-corrected chi connectivity index (χ2v) is 15.8. The van der Waals surface area contributed by atoms with E-state index in [1.165, 1.54) is 200 Å². The third-order valence-electron chi connectivity index (χ3n) is 7.31. The summed E-state index contributed by atoms with van der Waals surface area (Å²) in [5.41, 5.74) is 0. The first-order valence-corrected chi connectivity index (χ1v) is 20.9. The van der Waals surface area contributed by atoms with Crippen molar-refractivity contribution in [1.29, 1.82) is 0 Å². The molecule has 36 heavy (non-hydrogen) atoms. The summed E-state index contributed by atoms with van der Waals surface area (Å²) in [5.74, 6) is 11.3. The van der Waals surface area contributed by atoms with Crippen LogP contribution in [0.2, 0.25) is 0 Å². The molecule has 0 aromatic heterocycles. The van der Waals surface area contributed by atoms with Gasteiger partial charge in [0.25, 0.3) is 0 Å². The molecule has 0 aromatic carbocycles. The zero-order chi connectivity index (χ0) is 25.5. The maximum atomic E-state index is 2.22. The highest BCUT2D eigenvalue weighted by Crippen LogP contribution is 2.17. The Morgan fingerprint density at radius 2 is 0.250 bits per heavy atom. The van der Waals surface area contributed by atoms with Gasteiger partial charge in [0.1, 0.15) is 0 Å². The van der Waals surface area contributed by atoms with Gasteiger partial charge >= 0.3 is 0 Å². The molecule has 0 amide bonds. The van der Waals surface area contributed by atoms with Crippen molar-refractivity contribution in [2.75, 3.05) is 46.0 Å². The molecule has 0 aromatic rings. The van der Waals surface area contributed by atoms with Crippen molar-refractivity contribution in [1.82, 2.24) is 0 Å². The van der Waals surface area contributed by atoms with Crippen LogP contribution < -0.4 is 0 Å². The number of hydrogen-bond donors (Lipinski definition) is 0. The van der Waals surface area contributed by atoms with Crippen molar-refractivity contribution in [2.24, 2.45) is 0 Å². The number of hydrogen-bond acceptors (Lipinski definition) is 4. The van der Waals surface area contributed by atoms with Gasteiger partial charge in [0, 0.05) is 0 Å². The molecule has 0 N–H and O–H groups in total. The minimum Gasteiger partial charge on any atom is -0.162 e. The summed E-state index contributed by atoms with van der Waals surface area (Å²) in [6, 6.07) is 0. The lowest BCUT2D eigenvalue weighted by Crippen LogP contribution is -1.89. The van der Waals surface area contributed by atoms with Crippen molar-refractivity contribution in [3.8, 4) is 0 Å². The van der Waals surface area contributed by atoms with Crippen LogP contribution >= 0.6 is 47.0 Å². The SMILES string of the molecule is C1CCCCSCCCCCCCCSCCCCCCCCSCCCCCCCCSCCC1. The Bertz CT molecular complexity index is 204. The summed E-state index contributed by atoms with van der Waals surface area (Å²) < 4.78 is 0. The van der Waals surface area contributed by atoms with E-state index >= 15 is 0 Å². The summed E-state index contributed by atoms with van der Waals surface area (Å²) in [6.07, 6.45) is 35.2. The maximum absolute atomic E-state index is 2.22. The van der Waals surface area contributed by atoms with Gasteiger partial charge in [0.2, 0.25) is 0 Å². The summed E-state index contributed by atoms with van der Waals surface area (Å²) >= 11 is 8.88. The minimum atomic E-state index is 1.41. The Hall–Kier alpha value is 1.40. The van der Waals surface area contributed by atoms with Crippen LogP contribution in [0.15, 0.2) is 0 Å². The standard InChI is InChI=1S/C32H64S4/c1-2-10-18-26-34-28-20-12-5-6-14-22-30-36-32-24-16-8-7-15-23-31-35-29-21-13-4-3-11-19-27-33-25-17-9-1/h1-32H2. The fourth-order valence-electron chi connectivity index (χ4n) is 4.87. The maximum Gasteiger partial charge on any atom is -0.00675 e. The molecule has 0 atom stereocenters. The Labute approximate surface area is 246 Å². The molecule has 0 radical (unpaired) electrons. The molecule has 4 heteroatoms. The van der Waals surface area contributed by atoms with Crippen LogP contribution in [-0.2, 0) is 0 Å². The lowest BCUT2D eigenvalue weighted by atomic mass is 10.1. The van der Waals surface area contributed by atoms with Crippen LogP contribution in [0.1, 0.15) is 154 Å². The first-order valence-electron chi connectivity index (χ1n) is 16.3. The Kier molecular flexibility index (Phi) is 32.1. The van der Waals surface area contributed by atoms with E-state index < -0.39 is 0 Å². The second-order valence-electron chi connectivity index (χ2n) is 10.9. The van der Waals surface area contributed by atoms with Gasteiger partial charge in [0.05, 0.1) is 0 Å². The molecule has 1 aliphatic rings. The highest BCUT2D eigenvalue weighted by atomic mass is 32.2. The molecule has 1 fully saturated rings. The van der Waals surface area contributed by atoms with E-state index in [0.29, 0.717) is 0 Å². The van der Waals surface area contributed by atoms with Gasteiger partial charge in [-0.25, -0.2) is 0 Å². The third kappa shape index (κ3) is 29.9. The molecule has 1 saturated heterocycles. The quantitative estimate of drug-likeness (QED) is 0.281. The molecule has 1 heterocycles. The smallest absolute Gasteiger partial charge is 0.00675 e. The fraction of sp³-hybridized carbons (Fsp3) is 1.00. The van der Waals surface area contributed by atoms with E-state index in [4.69, 9.17) is 0 Å². The van der Waals surface area contributed by atoms with E-state index in [9.17, 15) is 0 Å². The van der Waals surface area contributed by atoms with Gasteiger partial charge < -0.3 is 0 Å². The predicted octanol–water partition coefficient (Wildman–Crippen LogP) is 12.3. The zero-order valence-electron chi connectivity index (χ0n) is 24.3. The fourth-order valence-corrected chi connectivity index (χ4v) is 8.95. The van der Waals surface area contributed by atoms with Crippen LogP contribution in [0.4, 0.5) is 0 Å². The van der Waals surface area contributed by atoms with E-state index in [2.05, 4.69) is 47.0 Å². The molecule has 216 valence electrons. The van der Waals surface area contributed by atoms with E-state index in [-0.39, 0.29) is 0 Å². The lowest BCUT2D eigenvalue weighted by Gasteiger charge is -2.05. The molecule has 0 unspecified atom stereocenters. The van der Waals surface area contributed by atoms with Gasteiger partial charge in [-0.3, -0.25) is 0 Å². The Morgan fingerprint density at radius 3 is 0.389 bits per heavy atom. The predicted molar refractivity (Wildman–Crippen MR) is 180 cm³/mol. The lowest BCUT2D eigenvalue weighted by molar-refractivity contribution is 0.623. The van der Waals surface area contributed by atoms with Crippen molar-refractivity contribution < 1.29 is 0 Å². The van der Waals surface area contributed by atoms with E-state index in [1.54, 1.807) is 0 Å². The normalized spacial score (nSPS) is 24.0. The van der Waals surface area contributed by atoms with Crippen LogP contribution in [-0.4, -0.2) is 46.0 Å². The molecule has 0 saturated carbocycles. The molecule has 0 spiro atoms.